The van der Waals surface area contributed by atoms with Gasteiger partial charge < -0.3 is 5.32 Å². The first kappa shape index (κ1) is 11.9. The van der Waals surface area contributed by atoms with Gasteiger partial charge in [-0.1, -0.05) is 15.9 Å². The SMILES string of the molecule is N#CC(C(=O)c1ccc(Br)cc1)=C1CCCN1. The molecule has 1 aromatic rings. The molecule has 1 aliphatic rings. The summed E-state index contributed by atoms with van der Waals surface area (Å²) in [5, 5.41) is 12.2. The molecular formula is C13H11BrN2O. The second kappa shape index (κ2) is 5.15. The quantitative estimate of drug-likeness (QED) is 0.518. The summed E-state index contributed by atoms with van der Waals surface area (Å²) in [7, 11) is 0. The van der Waals surface area contributed by atoms with Crippen molar-refractivity contribution in [3.63, 3.8) is 0 Å². The van der Waals surface area contributed by atoms with E-state index in [1.165, 1.54) is 0 Å². The van der Waals surface area contributed by atoms with E-state index >= 15 is 0 Å². The summed E-state index contributed by atoms with van der Waals surface area (Å²) in [6.07, 6.45) is 1.76. The molecule has 1 aromatic carbocycles. The van der Waals surface area contributed by atoms with Gasteiger partial charge in [-0.05, 0) is 37.1 Å². The van der Waals surface area contributed by atoms with Crippen molar-refractivity contribution < 1.29 is 4.79 Å². The average Bonchev–Trinajstić information content (AvgIpc) is 2.84. The molecule has 0 atom stereocenters. The standard InChI is InChI=1S/C13H11BrN2O/c14-10-5-3-9(4-6-10)13(17)11(8-15)12-2-1-7-16-12/h3-6,16H,1-2,7H2. The van der Waals surface area contributed by atoms with Crippen LogP contribution in [0.4, 0.5) is 0 Å². The Labute approximate surface area is 108 Å². The summed E-state index contributed by atoms with van der Waals surface area (Å²) in [5.41, 5.74) is 1.57. The van der Waals surface area contributed by atoms with E-state index in [-0.39, 0.29) is 11.4 Å². The fraction of sp³-hybridized carbons (Fsp3) is 0.231. The van der Waals surface area contributed by atoms with Crippen LogP contribution in [0.3, 0.4) is 0 Å². The fourth-order valence-corrected chi connectivity index (χ4v) is 2.07. The Morgan fingerprint density at radius 2 is 2.06 bits per heavy atom. The van der Waals surface area contributed by atoms with Gasteiger partial charge in [0, 0.05) is 22.3 Å². The number of hydrogen-bond donors (Lipinski definition) is 1. The molecule has 1 N–H and O–H groups in total. The summed E-state index contributed by atoms with van der Waals surface area (Å²) in [6, 6.07) is 9.06. The van der Waals surface area contributed by atoms with E-state index in [0.717, 1.165) is 29.6 Å². The van der Waals surface area contributed by atoms with Gasteiger partial charge in [-0.15, -0.1) is 0 Å². The van der Waals surface area contributed by atoms with Crippen molar-refractivity contribution in [2.75, 3.05) is 6.54 Å². The highest BCUT2D eigenvalue weighted by Gasteiger charge is 2.19. The number of hydrogen-bond acceptors (Lipinski definition) is 3. The van der Waals surface area contributed by atoms with Gasteiger partial charge in [-0.25, -0.2) is 0 Å². The van der Waals surface area contributed by atoms with E-state index in [2.05, 4.69) is 21.2 Å². The summed E-state index contributed by atoms with van der Waals surface area (Å²) in [5.74, 6) is -0.204. The van der Waals surface area contributed by atoms with Gasteiger partial charge in [0.25, 0.3) is 0 Å². The molecule has 0 spiro atoms. The van der Waals surface area contributed by atoms with Crippen LogP contribution < -0.4 is 5.32 Å². The smallest absolute Gasteiger partial charge is 0.205 e. The Morgan fingerprint density at radius 3 is 2.59 bits per heavy atom. The first-order chi connectivity index (χ1) is 8.22. The summed E-state index contributed by atoms with van der Waals surface area (Å²) < 4.78 is 0.916. The molecule has 0 unspecified atom stereocenters. The highest BCUT2D eigenvalue weighted by atomic mass is 79.9. The topological polar surface area (TPSA) is 52.9 Å². The molecular weight excluding hydrogens is 280 g/mol. The lowest BCUT2D eigenvalue weighted by Crippen LogP contribution is -2.12. The van der Waals surface area contributed by atoms with Crippen LogP contribution in [0.2, 0.25) is 0 Å². The lowest BCUT2D eigenvalue weighted by molar-refractivity contribution is 0.103. The van der Waals surface area contributed by atoms with Crippen LogP contribution in [0.25, 0.3) is 0 Å². The molecule has 1 heterocycles. The molecule has 0 radical (unpaired) electrons. The third kappa shape index (κ3) is 2.56. The zero-order valence-electron chi connectivity index (χ0n) is 9.16. The van der Waals surface area contributed by atoms with Crippen LogP contribution in [0.5, 0.6) is 0 Å². The molecule has 0 aromatic heterocycles. The lowest BCUT2D eigenvalue weighted by atomic mass is 10.0. The third-order valence-corrected chi connectivity index (χ3v) is 3.22. The molecule has 1 saturated heterocycles. The number of rotatable bonds is 2. The maximum atomic E-state index is 12.1. The van der Waals surface area contributed by atoms with Gasteiger partial charge in [0.1, 0.15) is 11.6 Å². The van der Waals surface area contributed by atoms with Crippen LogP contribution in [-0.4, -0.2) is 12.3 Å². The number of carbonyl (C=O) groups is 1. The minimum Gasteiger partial charge on any atom is -0.387 e. The summed E-state index contributed by atoms with van der Waals surface area (Å²) in [6.45, 7) is 0.841. The van der Waals surface area contributed by atoms with Crippen molar-refractivity contribution in [2.24, 2.45) is 0 Å². The largest absolute Gasteiger partial charge is 0.387 e. The third-order valence-electron chi connectivity index (χ3n) is 2.69. The second-order valence-electron chi connectivity index (χ2n) is 3.83. The van der Waals surface area contributed by atoms with Crippen LogP contribution in [-0.2, 0) is 0 Å². The Kier molecular flexibility index (Phi) is 3.60. The van der Waals surface area contributed by atoms with E-state index in [9.17, 15) is 4.79 Å². The molecule has 1 fully saturated rings. The molecule has 2 rings (SSSR count). The average molecular weight is 291 g/mol. The van der Waals surface area contributed by atoms with Crippen LogP contribution >= 0.6 is 15.9 Å². The Morgan fingerprint density at radius 1 is 1.35 bits per heavy atom. The molecule has 17 heavy (non-hydrogen) atoms. The number of allylic oxidation sites excluding steroid dienone is 2. The van der Waals surface area contributed by atoms with Gasteiger partial charge >= 0.3 is 0 Å². The Hall–Kier alpha value is -1.60. The molecule has 0 amide bonds. The van der Waals surface area contributed by atoms with Crippen LogP contribution in [0, 0.1) is 11.3 Å². The Balaban J connectivity index is 2.33. The van der Waals surface area contributed by atoms with Gasteiger partial charge in [0.05, 0.1) is 0 Å². The number of nitrogens with one attached hydrogen (secondary N) is 1. The van der Waals surface area contributed by atoms with E-state index < -0.39 is 0 Å². The predicted octanol–water partition coefficient (Wildman–Crippen LogP) is 2.79. The number of benzene rings is 1. The molecule has 0 aliphatic carbocycles. The number of carbonyl (C=O) groups excluding carboxylic acids is 1. The number of halogens is 1. The van der Waals surface area contributed by atoms with E-state index in [1.54, 1.807) is 24.3 Å². The first-order valence-electron chi connectivity index (χ1n) is 5.40. The highest BCUT2D eigenvalue weighted by molar-refractivity contribution is 9.10. The van der Waals surface area contributed by atoms with E-state index in [0.29, 0.717) is 5.56 Å². The van der Waals surface area contributed by atoms with Gasteiger partial charge in [0.15, 0.2) is 0 Å². The van der Waals surface area contributed by atoms with E-state index in [1.807, 2.05) is 6.07 Å². The molecule has 3 nitrogen and oxygen atoms in total. The van der Waals surface area contributed by atoms with Gasteiger partial charge in [0.2, 0.25) is 5.78 Å². The van der Waals surface area contributed by atoms with Gasteiger partial charge in [-0.3, -0.25) is 4.79 Å². The van der Waals surface area contributed by atoms with Crippen LogP contribution in [0.1, 0.15) is 23.2 Å². The summed E-state index contributed by atoms with van der Waals surface area (Å²) in [4.78, 5) is 12.1. The second-order valence-corrected chi connectivity index (χ2v) is 4.75. The number of ketones is 1. The van der Waals surface area contributed by atoms with Gasteiger partial charge in [-0.2, -0.15) is 5.26 Å². The summed E-state index contributed by atoms with van der Waals surface area (Å²) >= 11 is 3.31. The maximum Gasteiger partial charge on any atom is 0.205 e. The van der Waals surface area contributed by atoms with Crippen molar-refractivity contribution in [2.45, 2.75) is 12.8 Å². The number of Topliss-reactive ketones (excluding diaryl/α,β-unsaturated/α-hetero) is 1. The molecule has 4 heteroatoms. The zero-order chi connectivity index (χ0) is 12.3. The normalized spacial score (nSPS) is 17.2. The monoisotopic (exact) mass is 290 g/mol. The van der Waals surface area contributed by atoms with Crippen molar-refractivity contribution in [1.29, 1.82) is 5.26 Å². The minimum atomic E-state index is -0.204. The number of nitrogens with zero attached hydrogens (tertiary/aromatic N) is 1. The zero-order valence-corrected chi connectivity index (χ0v) is 10.8. The fourth-order valence-electron chi connectivity index (χ4n) is 1.81. The minimum absolute atomic E-state index is 0.204. The predicted molar refractivity (Wildman–Crippen MR) is 68.3 cm³/mol. The molecule has 0 bridgehead atoms. The van der Waals surface area contributed by atoms with E-state index in [4.69, 9.17) is 5.26 Å². The highest BCUT2D eigenvalue weighted by Crippen LogP contribution is 2.19. The first-order valence-corrected chi connectivity index (χ1v) is 6.19. The van der Waals surface area contributed by atoms with Crippen molar-refractivity contribution in [3.8, 4) is 6.07 Å². The van der Waals surface area contributed by atoms with Crippen molar-refractivity contribution in [3.05, 3.63) is 45.6 Å². The molecule has 86 valence electrons. The molecule has 0 saturated carbocycles. The number of nitriles is 1. The maximum absolute atomic E-state index is 12.1. The Bertz CT molecular complexity index is 503. The van der Waals surface area contributed by atoms with Crippen molar-refractivity contribution in [1.82, 2.24) is 5.32 Å². The molecule has 1 aliphatic heterocycles. The van der Waals surface area contributed by atoms with Crippen molar-refractivity contribution >= 4 is 21.7 Å². The van der Waals surface area contributed by atoms with Crippen LogP contribution in [0.15, 0.2) is 40.0 Å². The lowest BCUT2D eigenvalue weighted by Gasteiger charge is -2.04.